The number of halogens is 1. The molecule has 0 fully saturated rings. The van der Waals surface area contributed by atoms with Gasteiger partial charge in [0.15, 0.2) is 0 Å². The maximum absolute atomic E-state index is 12.2. The van der Waals surface area contributed by atoms with Crippen LogP contribution >= 0.6 is 15.9 Å². The lowest BCUT2D eigenvalue weighted by atomic mass is 10.2. The summed E-state index contributed by atoms with van der Waals surface area (Å²) in [5.41, 5.74) is 3.44. The summed E-state index contributed by atoms with van der Waals surface area (Å²) >= 11 is 3.37. The van der Waals surface area contributed by atoms with E-state index in [4.69, 9.17) is 15.9 Å². The maximum Gasteiger partial charge on any atom is 0.262 e. The first-order valence-corrected chi connectivity index (χ1v) is 9.37. The van der Waals surface area contributed by atoms with Gasteiger partial charge in [0.1, 0.15) is 24.1 Å². The third-order valence-electron chi connectivity index (χ3n) is 3.75. The molecule has 2 aromatic rings. The van der Waals surface area contributed by atoms with Crippen LogP contribution in [0.5, 0.6) is 11.5 Å². The van der Waals surface area contributed by atoms with Crippen LogP contribution in [0.15, 0.2) is 52.0 Å². The van der Waals surface area contributed by atoms with Gasteiger partial charge in [-0.3, -0.25) is 9.59 Å². The minimum atomic E-state index is -0.790. The molecule has 0 saturated heterocycles. The van der Waals surface area contributed by atoms with Gasteiger partial charge >= 0.3 is 0 Å². The molecule has 2 rings (SSSR count). The molecule has 0 aromatic heterocycles. The molecular weight excluding hydrogens is 438 g/mol. The maximum atomic E-state index is 12.2. The molecular formula is C21H20BrN3O4. The summed E-state index contributed by atoms with van der Waals surface area (Å²) in [7, 11) is 1.54. The summed E-state index contributed by atoms with van der Waals surface area (Å²) in [6.07, 6.45) is 6.65. The van der Waals surface area contributed by atoms with Gasteiger partial charge in [0.25, 0.3) is 11.8 Å². The highest BCUT2D eigenvalue weighted by Gasteiger charge is 2.16. The normalized spacial score (nSPS) is 11.4. The quantitative estimate of drug-likeness (QED) is 0.362. The van der Waals surface area contributed by atoms with Gasteiger partial charge in [-0.15, -0.1) is 6.42 Å². The zero-order valence-electron chi connectivity index (χ0n) is 15.9. The van der Waals surface area contributed by atoms with Crippen LogP contribution in [0.1, 0.15) is 22.8 Å². The van der Waals surface area contributed by atoms with Crippen LogP contribution in [0.2, 0.25) is 0 Å². The third-order valence-corrected chi connectivity index (χ3v) is 4.25. The number of nitrogens with zero attached hydrogens (tertiary/aromatic N) is 1. The van der Waals surface area contributed by atoms with Crippen LogP contribution in [0.4, 0.5) is 0 Å². The molecule has 0 aliphatic carbocycles. The highest BCUT2D eigenvalue weighted by molar-refractivity contribution is 9.10. The number of carbonyl (C=O) groups excluding carboxylic acids is 2. The highest BCUT2D eigenvalue weighted by Crippen LogP contribution is 2.21. The lowest BCUT2D eigenvalue weighted by Gasteiger charge is -2.12. The Morgan fingerprint density at radius 3 is 2.66 bits per heavy atom. The Morgan fingerprint density at radius 1 is 1.28 bits per heavy atom. The number of terminal acetylenes is 1. The minimum absolute atomic E-state index is 0.114. The van der Waals surface area contributed by atoms with Crippen molar-refractivity contribution in [3.05, 3.63) is 58.1 Å². The van der Waals surface area contributed by atoms with E-state index in [0.29, 0.717) is 22.6 Å². The van der Waals surface area contributed by atoms with Gasteiger partial charge in [-0.05, 0) is 49.4 Å². The van der Waals surface area contributed by atoms with Gasteiger partial charge in [0.05, 0.1) is 13.3 Å². The lowest BCUT2D eigenvalue weighted by Crippen LogP contribution is -2.43. The number of ether oxygens (including phenoxy) is 2. The summed E-state index contributed by atoms with van der Waals surface area (Å²) in [5, 5.41) is 6.54. The number of rotatable bonds is 8. The predicted molar refractivity (Wildman–Crippen MR) is 114 cm³/mol. The van der Waals surface area contributed by atoms with Crippen molar-refractivity contribution in [3.8, 4) is 23.8 Å². The molecule has 0 spiro atoms. The van der Waals surface area contributed by atoms with E-state index in [2.05, 4.69) is 37.7 Å². The SMILES string of the molecule is C#CCOc1ccc(Br)cc1C=NNC(=O)C(C)NC(=O)c1ccc(OC)cc1. The van der Waals surface area contributed by atoms with Crippen LogP contribution in [0.25, 0.3) is 0 Å². The molecule has 0 radical (unpaired) electrons. The van der Waals surface area contributed by atoms with Gasteiger partial charge < -0.3 is 14.8 Å². The van der Waals surface area contributed by atoms with Crippen molar-refractivity contribution in [2.24, 2.45) is 5.10 Å². The number of nitrogens with one attached hydrogen (secondary N) is 2. The molecule has 2 amide bonds. The lowest BCUT2D eigenvalue weighted by molar-refractivity contribution is -0.122. The molecule has 0 heterocycles. The van der Waals surface area contributed by atoms with Crippen LogP contribution in [0.3, 0.4) is 0 Å². The first-order chi connectivity index (χ1) is 13.9. The Kier molecular flexibility index (Phi) is 8.25. The van der Waals surface area contributed by atoms with Crippen LogP contribution in [-0.2, 0) is 4.79 Å². The molecule has 0 saturated carbocycles. The van der Waals surface area contributed by atoms with E-state index in [1.165, 1.54) is 6.21 Å². The first kappa shape index (κ1) is 22.0. The number of hydrogen-bond acceptors (Lipinski definition) is 5. The average molecular weight is 458 g/mol. The standard InChI is InChI=1S/C21H20BrN3O4/c1-4-11-29-19-10-7-17(22)12-16(19)13-23-25-20(26)14(2)24-21(27)15-5-8-18(28-3)9-6-15/h1,5-10,12-14H,11H2,2-3H3,(H,24,27)(H,25,26). The second kappa shape index (κ2) is 10.9. The van der Waals surface area contributed by atoms with Crippen molar-refractivity contribution in [2.45, 2.75) is 13.0 Å². The van der Waals surface area contributed by atoms with E-state index in [-0.39, 0.29) is 12.5 Å². The van der Waals surface area contributed by atoms with Gasteiger partial charge in [0, 0.05) is 15.6 Å². The fourth-order valence-corrected chi connectivity index (χ4v) is 2.60. The van der Waals surface area contributed by atoms with E-state index >= 15 is 0 Å². The van der Waals surface area contributed by atoms with Crippen molar-refractivity contribution in [3.63, 3.8) is 0 Å². The van der Waals surface area contributed by atoms with Gasteiger partial charge in [-0.2, -0.15) is 5.10 Å². The van der Waals surface area contributed by atoms with Crippen molar-refractivity contribution in [1.29, 1.82) is 0 Å². The van der Waals surface area contributed by atoms with Crippen molar-refractivity contribution in [1.82, 2.24) is 10.7 Å². The molecule has 2 N–H and O–H groups in total. The van der Waals surface area contributed by atoms with E-state index in [1.807, 2.05) is 0 Å². The van der Waals surface area contributed by atoms with Gasteiger partial charge in [-0.1, -0.05) is 21.9 Å². The molecule has 29 heavy (non-hydrogen) atoms. The summed E-state index contributed by atoms with van der Waals surface area (Å²) in [5.74, 6) is 2.71. The molecule has 0 aliphatic rings. The number of benzene rings is 2. The largest absolute Gasteiger partial charge is 0.497 e. The molecule has 0 bridgehead atoms. The number of methoxy groups -OCH3 is 1. The van der Waals surface area contributed by atoms with E-state index < -0.39 is 11.9 Å². The van der Waals surface area contributed by atoms with E-state index in [0.717, 1.165) is 4.47 Å². The van der Waals surface area contributed by atoms with Crippen LogP contribution in [0, 0.1) is 12.3 Å². The van der Waals surface area contributed by atoms with Crippen LogP contribution in [-0.4, -0.2) is 37.8 Å². The molecule has 8 heteroatoms. The van der Waals surface area contributed by atoms with Crippen molar-refractivity contribution < 1.29 is 19.1 Å². The van der Waals surface area contributed by atoms with E-state index in [1.54, 1.807) is 56.5 Å². The molecule has 1 atom stereocenters. The number of hydrogen-bond donors (Lipinski definition) is 2. The summed E-state index contributed by atoms with van der Waals surface area (Å²) < 4.78 is 11.3. The second-order valence-electron chi connectivity index (χ2n) is 5.83. The Balaban J connectivity index is 1.95. The summed E-state index contributed by atoms with van der Waals surface area (Å²) in [4.78, 5) is 24.4. The Labute approximate surface area is 177 Å². The number of hydrazone groups is 1. The summed E-state index contributed by atoms with van der Waals surface area (Å²) in [6.45, 7) is 1.68. The average Bonchev–Trinajstić information content (AvgIpc) is 2.73. The zero-order valence-corrected chi connectivity index (χ0v) is 17.5. The molecule has 2 aromatic carbocycles. The monoisotopic (exact) mass is 457 g/mol. The highest BCUT2D eigenvalue weighted by atomic mass is 79.9. The fourth-order valence-electron chi connectivity index (χ4n) is 2.22. The van der Waals surface area contributed by atoms with Gasteiger partial charge in [-0.25, -0.2) is 5.43 Å². The minimum Gasteiger partial charge on any atom is -0.497 e. The molecule has 7 nitrogen and oxygen atoms in total. The fraction of sp³-hybridized carbons (Fsp3) is 0.190. The molecule has 1 unspecified atom stereocenters. The smallest absolute Gasteiger partial charge is 0.262 e. The summed E-state index contributed by atoms with van der Waals surface area (Å²) in [6, 6.07) is 11.1. The molecule has 150 valence electrons. The Hall–Kier alpha value is -3.31. The zero-order chi connectivity index (χ0) is 21.2. The van der Waals surface area contributed by atoms with Crippen LogP contribution < -0.4 is 20.2 Å². The second-order valence-corrected chi connectivity index (χ2v) is 6.75. The van der Waals surface area contributed by atoms with Gasteiger partial charge in [0.2, 0.25) is 0 Å². The molecule has 0 aliphatic heterocycles. The number of amides is 2. The number of carbonyl (C=O) groups is 2. The van der Waals surface area contributed by atoms with Crippen molar-refractivity contribution >= 4 is 34.0 Å². The predicted octanol–water partition coefficient (Wildman–Crippen LogP) is 2.74. The van der Waals surface area contributed by atoms with E-state index in [9.17, 15) is 9.59 Å². The third kappa shape index (κ3) is 6.66. The Bertz CT molecular complexity index is 936. The first-order valence-electron chi connectivity index (χ1n) is 8.58. The topological polar surface area (TPSA) is 89.0 Å². The Morgan fingerprint density at radius 2 is 2.00 bits per heavy atom. The van der Waals surface area contributed by atoms with Crippen molar-refractivity contribution in [2.75, 3.05) is 13.7 Å².